The van der Waals surface area contributed by atoms with Gasteiger partial charge in [0, 0.05) is 11.8 Å². The van der Waals surface area contributed by atoms with E-state index in [-0.39, 0.29) is 5.69 Å². The number of carboxylic acids is 1. The van der Waals surface area contributed by atoms with Gasteiger partial charge in [0.15, 0.2) is 0 Å². The molecule has 0 spiro atoms. The quantitative estimate of drug-likeness (QED) is 0.714. The molecule has 0 heterocycles. The first-order valence-electron chi connectivity index (χ1n) is 4.03. The Kier molecular flexibility index (Phi) is 3.56. The number of halogens is 1. The van der Waals surface area contributed by atoms with E-state index in [0.717, 1.165) is 12.1 Å². The molecule has 0 aliphatic carbocycles. The Labute approximate surface area is 85.0 Å². The van der Waals surface area contributed by atoms with Crippen molar-refractivity contribution in [1.29, 1.82) is 0 Å². The van der Waals surface area contributed by atoms with Crippen LogP contribution in [0.15, 0.2) is 36.4 Å². The lowest BCUT2D eigenvalue weighted by molar-refractivity contribution is -0.297. The van der Waals surface area contributed by atoms with Crippen molar-refractivity contribution in [3.63, 3.8) is 0 Å². The van der Waals surface area contributed by atoms with Crippen LogP contribution < -0.4 is 10.4 Å². The number of benzene rings is 1. The molecule has 0 unspecified atom stereocenters. The summed E-state index contributed by atoms with van der Waals surface area (Å²) in [6.07, 6.45) is 1.38. The van der Waals surface area contributed by atoms with E-state index in [0.29, 0.717) is 6.08 Å². The first-order chi connectivity index (χ1) is 7.08. The number of carbonyl (C=O) groups excluding carboxylic acids is 2. The van der Waals surface area contributed by atoms with E-state index in [1.807, 2.05) is 0 Å². The van der Waals surface area contributed by atoms with Gasteiger partial charge in [0.05, 0.1) is 5.97 Å². The molecule has 4 nitrogen and oxygen atoms in total. The maximum atomic E-state index is 12.7. The molecular formula is C10H7FNO3-. The van der Waals surface area contributed by atoms with Gasteiger partial charge in [-0.1, -0.05) is 6.07 Å². The van der Waals surface area contributed by atoms with Crippen molar-refractivity contribution in [3.05, 3.63) is 42.2 Å². The third kappa shape index (κ3) is 4.04. The third-order valence-electron chi connectivity index (χ3n) is 1.46. The number of hydrogen-bond acceptors (Lipinski definition) is 3. The minimum Gasteiger partial charge on any atom is -0.545 e. The van der Waals surface area contributed by atoms with Crippen LogP contribution >= 0.6 is 0 Å². The van der Waals surface area contributed by atoms with Gasteiger partial charge in [-0.05, 0) is 24.3 Å². The lowest BCUT2D eigenvalue weighted by atomic mass is 10.3. The fraction of sp³-hybridized carbons (Fsp3) is 0. The Morgan fingerprint density at radius 2 is 2.07 bits per heavy atom. The number of rotatable bonds is 3. The second kappa shape index (κ2) is 4.90. The van der Waals surface area contributed by atoms with Crippen LogP contribution in [0.3, 0.4) is 0 Å². The zero-order valence-corrected chi connectivity index (χ0v) is 7.57. The summed E-state index contributed by atoms with van der Waals surface area (Å²) in [6, 6.07) is 5.25. The van der Waals surface area contributed by atoms with Crippen LogP contribution in [0.1, 0.15) is 0 Å². The normalized spacial score (nSPS) is 10.2. The molecule has 0 saturated carbocycles. The summed E-state index contributed by atoms with van der Waals surface area (Å²) in [4.78, 5) is 21.0. The van der Waals surface area contributed by atoms with E-state index in [1.54, 1.807) is 0 Å². The van der Waals surface area contributed by atoms with E-state index >= 15 is 0 Å². The SMILES string of the molecule is O=C([O-])/C=C\C(=O)Nc1cccc(F)c1. The molecule has 0 radical (unpaired) electrons. The van der Waals surface area contributed by atoms with Crippen molar-refractivity contribution < 1.29 is 19.1 Å². The van der Waals surface area contributed by atoms with Gasteiger partial charge in [0.2, 0.25) is 5.91 Å². The number of carbonyl (C=O) groups is 2. The molecule has 1 aromatic carbocycles. The maximum absolute atomic E-state index is 12.7. The highest BCUT2D eigenvalue weighted by Gasteiger charge is 1.98. The van der Waals surface area contributed by atoms with E-state index in [4.69, 9.17) is 0 Å². The fourth-order valence-corrected chi connectivity index (χ4v) is 0.894. The second-order valence-corrected chi connectivity index (χ2v) is 2.65. The van der Waals surface area contributed by atoms with Crippen LogP contribution in [-0.2, 0) is 9.59 Å². The number of hydrogen-bond donors (Lipinski definition) is 1. The highest BCUT2D eigenvalue weighted by molar-refractivity contribution is 6.01. The van der Waals surface area contributed by atoms with Gasteiger partial charge >= 0.3 is 0 Å². The summed E-state index contributed by atoms with van der Waals surface area (Å²) in [5.74, 6) is -2.62. The first-order valence-corrected chi connectivity index (χ1v) is 4.03. The van der Waals surface area contributed by atoms with E-state index in [2.05, 4.69) is 5.32 Å². The minimum absolute atomic E-state index is 0.253. The topological polar surface area (TPSA) is 69.2 Å². The Bertz CT molecular complexity index is 415. The summed E-state index contributed by atoms with van der Waals surface area (Å²) >= 11 is 0. The number of carboxylic acid groups (broad SMARTS) is 1. The van der Waals surface area contributed by atoms with E-state index in [9.17, 15) is 19.1 Å². The molecule has 0 atom stereocenters. The average Bonchev–Trinajstić information content (AvgIpc) is 2.15. The molecule has 0 saturated heterocycles. The lowest BCUT2D eigenvalue weighted by Gasteiger charge is -2.01. The molecule has 0 aliphatic heterocycles. The Balaban J connectivity index is 2.63. The smallest absolute Gasteiger partial charge is 0.248 e. The predicted molar refractivity (Wildman–Crippen MR) is 49.2 cm³/mol. The van der Waals surface area contributed by atoms with Crippen LogP contribution in [0.4, 0.5) is 10.1 Å². The van der Waals surface area contributed by atoms with Crippen molar-refractivity contribution in [2.45, 2.75) is 0 Å². The summed E-state index contributed by atoms with van der Waals surface area (Å²) in [5.41, 5.74) is 0.253. The van der Waals surface area contributed by atoms with Crippen LogP contribution in [0.2, 0.25) is 0 Å². The molecule has 1 amide bonds. The van der Waals surface area contributed by atoms with E-state index < -0.39 is 17.7 Å². The largest absolute Gasteiger partial charge is 0.545 e. The predicted octanol–water partition coefficient (Wildman–Crippen LogP) is 0.0703. The summed E-state index contributed by atoms with van der Waals surface area (Å²) in [5, 5.41) is 12.3. The molecule has 15 heavy (non-hydrogen) atoms. The Morgan fingerprint density at radius 3 is 2.67 bits per heavy atom. The van der Waals surface area contributed by atoms with Gasteiger partial charge in [0.1, 0.15) is 5.82 Å². The molecular weight excluding hydrogens is 201 g/mol. The fourth-order valence-electron chi connectivity index (χ4n) is 0.894. The number of aliphatic carboxylic acids is 1. The molecule has 1 rings (SSSR count). The van der Waals surface area contributed by atoms with Crippen molar-refractivity contribution in [2.24, 2.45) is 0 Å². The van der Waals surface area contributed by atoms with Crippen LogP contribution in [-0.4, -0.2) is 11.9 Å². The zero-order chi connectivity index (χ0) is 11.3. The van der Waals surface area contributed by atoms with Crippen molar-refractivity contribution in [1.82, 2.24) is 0 Å². The summed E-state index contributed by atoms with van der Waals surface area (Å²) < 4.78 is 12.7. The van der Waals surface area contributed by atoms with Gasteiger partial charge in [-0.25, -0.2) is 4.39 Å². The van der Waals surface area contributed by atoms with Crippen molar-refractivity contribution in [2.75, 3.05) is 5.32 Å². The van der Waals surface area contributed by atoms with Crippen LogP contribution in [0.25, 0.3) is 0 Å². The molecule has 1 aromatic rings. The first kappa shape index (κ1) is 10.9. The zero-order valence-electron chi connectivity index (χ0n) is 7.57. The Morgan fingerprint density at radius 1 is 1.33 bits per heavy atom. The molecule has 5 heteroatoms. The maximum Gasteiger partial charge on any atom is 0.248 e. The molecule has 0 bridgehead atoms. The molecule has 78 valence electrons. The van der Waals surface area contributed by atoms with Crippen molar-refractivity contribution in [3.8, 4) is 0 Å². The lowest BCUT2D eigenvalue weighted by Crippen LogP contribution is -2.20. The summed E-state index contributed by atoms with van der Waals surface area (Å²) in [7, 11) is 0. The molecule has 1 N–H and O–H groups in total. The number of anilines is 1. The molecule has 0 aliphatic rings. The van der Waals surface area contributed by atoms with Gasteiger partial charge in [-0.15, -0.1) is 0 Å². The Hall–Kier alpha value is -2.17. The monoisotopic (exact) mass is 208 g/mol. The van der Waals surface area contributed by atoms with Crippen molar-refractivity contribution >= 4 is 17.6 Å². The molecule has 0 aromatic heterocycles. The van der Waals surface area contributed by atoms with Crippen LogP contribution in [0, 0.1) is 5.82 Å². The number of amides is 1. The van der Waals surface area contributed by atoms with E-state index in [1.165, 1.54) is 18.2 Å². The van der Waals surface area contributed by atoms with Gasteiger partial charge in [-0.3, -0.25) is 4.79 Å². The summed E-state index contributed by atoms with van der Waals surface area (Å²) in [6.45, 7) is 0. The van der Waals surface area contributed by atoms with Crippen LogP contribution in [0.5, 0.6) is 0 Å². The minimum atomic E-state index is -1.47. The van der Waals surface area contributed by atoms with Gasteiger partial charge < -0.3 is 15.2 Å². The molecule has 0 fully saturated rings. The van der Waals surface area contributed by atoms with Gasteiger partial charge in [0.25, 0.3) is 0 Å². The average molecular weight is 208 g/mol. The second-order valence-electron chi connectivity index (χ2n) is 2.65. The highest BCUT2D eigenvalue weighted by atomic mass is 19.1. The van der Waals surface area contributed by atoms with Gasteiger partial charge in [-0.2, -0.15) is 0 Å². The third-order valence-corrected chi connectivity index (χ3v) is 1.46. The number of nitrogens with one attached hydrogen (secondary N) is 1. The highest BCUT2D eigenvalue weighted by Crippen LogP contribution is 2.08. The standard InChI is InChI=1S/C10H8FNO3/c11-7-2-1-3-8(6-7)12-9(13)4-5-10(14)15/h1-6H,(H,12,13)(H,14,15)/p-1/b5-4-.